The summed E-state index contributed by atoms with van der Waals surface area (Å²) in [5.74, 6) is -1.33. The molecule has 4 rings (SSSR count). The minimum atomic E-state index is -0.574. The second-order valence-electron chi connectivity index (χ2n) is 7.16. The van der Waals surface area contributed by atoms with Crippen LogP contribution in [0.5, 0.6) is 0 Å². The van der Waals surface area contributed by atoms with Gasteiger partial charge in [-0.3, -0.25) is 4.79 Å². The molecule has 1 aromatic carbocycles. The normalized spacial score (nSPS) is 28.6. The van der Waals surface area contributed by atoms with E-state index in [0.29, 0.717) is 12.0 Å². The van der Waals surface area contributed by atoms with Gasteiger partial charge in [-0.1, -0.05) is 6.07 Å². The number of carbonyl (C=O) groups is 1. The molecular weight excluding hydrogens is 298 g/mol. The molecule has 1 amide bonds. The fourth-order valence-corrected chi connectivity index (χ4v) is 3.79. The van der Waals surface area contributed by atoms with Gasteiger partial charge in [0.2, 0.25) is 5.91 Å². The lowest BCUT2D eigenvalue weighted by molar-refractivity contribution is -0.123. The molecular formula is C18H22F2N2O. The number of halogens is 2. The van der Waals surface area contributed by atoms with Gasteiger partial charge < -0.3 is 10.2 Å². The Morgan fingerprint density at radius 2 is 1.87 bits per heavy atom. The van der Waals surface area contributed by atoms with Crippen LogP contribution in [0.1, 0.15) is 43.6 Å². The van der Waals surface area contributed by atoms with E-state index in [1.165, 1.54) is 25.0 Å². The molecule has 5 heteroatoms. The zero-order valence-electron chi connectivity index (χ0n) is 13.1. The summed E-state index contributed by atoms with van der Waals surface area (Å²) in [5.41, 5.74) is 0.468. The standard InChI is InChI=1S/C18H22F2N2O/c19-11-1-4-14(17(20)9-11)15-10-16(15)18(23)21-12-5-7-22(8-6-12)13-2-3-13/h1,4,9,12-13,15-16H,2-3,5-8,10H2,(H,21,23)/t15-,16+/m0/s1. The van der Waals surface area contributed by atoms with Gasteiger partial charge in [0.1, 0.15) is 11.6 Å². The molecule has 0 spiro atoms. The number of benzene rings is 1. The second kappa shape index (κ2) is 5.86. The molecule has 1 saturated heterocycles. The van der Waals surface area contributed by atoms with Crippen LogP contribution in [0.4, 0.5) is 8.78 Å². The van der Waals surface area contributed by atoms with Gasteiger partial charge >= 0.3 is 0 Å². The third kappa shape index (κ3) is 3.25. The Hall–Kier alpha value is -1.49. The first kappa shape index (κ1) is 15.1. The summed E-state index contributed by atoms with van der Waals surface area (Å²) in [4.78, 5) is 14.9. The number of nitrogens with zero attached hydrogens (tertiary/aromatic N) is 1. The summed E-state index contributed by atoms with van der Waals surface area (Å²) in [6.07, 6.45) is 5.32. The van der Waals surface area contributed by atoms with Crippen molar-refractivity contribution in [2.24, 2.45) is 5.92 Å². The molecule has 1 heterocycles. The van der Waals surface area contributed by atoms with Crippen LogP contribution in [0, 0.1) is 17.6 Å². The highest BCUT2D eigenvalue weighted by Crippen LogP contribution is 2.48. The van der Waals surface area contributed by atoms with Gasteiger partial charge in [-0.15, -0.1) is 0 Å². The largest absolute Gasteiger partial charge is 0.353 e. The number of nitrogens with one attached hydrogen (secondary N) is 1. The Kier molecular flexibility index (Phi) is 3.84. The van der Waals surface area contributed by atoms with Gasteiger partial charge in [-0.2, -0.15) is 0 Å². The van der Waals surface area contributed by atoms with Gasteiger partial charge in [0.15, 0.2) is 0 Å². The van der Waals surface area contributed by atoms with Gasteiger partial charge in [-0.25, -0.2) is 8.78 Å². The smallest absolute Gasteiger partial charge is 0.223 e. The summed E-state index contributed by atoms with van der Waals surface area (Å²) < 4.78 is 26.7. The lowest BCUT2D eigenvalue weighted by Crippen LogP contribution is -2.45. The summed E-state index contributed by atoms with van der Waals surface area (Å²) >= 11 is 0. The lowest BCUT2D eigenvalue weighted by atomic mass is 10.0. The second-order valence-corrected chi connectivity index (χ2v) is 7.16. The highest BCUT2D eigenvalue weighted by Gasteiger charge is 2.45. The molecule has 2 saturated carbocycles. The highest BCUT2D eigenvalue weighted by atomic mass is 19.1. The van der Waals surface area contributed by atoms with Crippen LogP contribution in [-0.4, -0.2) is 36.0 Å². The average Bonchev–Trinajstić information content (AvgIpc) is 3.41. The predicted octanol–water partition coefficient (Wildman–Crippen LogP) is 2.81. The topological polar surface area (TPSA) is 32.3 Å². The molecule has 3 aliphatic rings. The zero-order chi connectivity index (χ0) is 16.0. The van der Waals surface area contributed by atoms with Crippen molar-refractivity contribution in [2.75, 3.05) is 13.1 Å². The highest BCUT2D eigenvalue weighted by molar-refractivity contribution is 5.83. The summed E-state index contributed by atoms with van der Waals surface area (Å²) in [7, 11) is 0. The maximum Gasteiger partial charge on any atom is 0.223 e. The van der Waals surface area contributed by atoms with E-state index in [1.807, 2.05) is 0 Å². The van der Waals surface area contributed by atoms with Gasteiger partial charge in [0.25, 0.3) is 0 Å². The van der Waals surface area contributed by atoms with Crippen molar-refractivity contribution in [1.29, 1.82) is 0 Å². The van der Waals surface area contributed by atoms with Crippen molar-refractivity contribution < 1.29 is 13.6 Å². The molecule has 124 valence electrons. The van der Waals surface area contributed by atoms with Crippen LogP contribution in [-0.2, 0) is 4.79 Å². The van der Waals surface area contributed by atoms with Crippen LogP contribution in [0.15, 0.2) is 18.2 Å². The van der Waals surface area contributed by atoms with E-state index in [1.54, 1.807) is 0 Å². The van der Waals surface area contributed by atoms with Crippen LogP contribution < -0.4 is 5.32 Å². The molecule has 1 aromatic rings. The van der Waals surface area contributed by atoms with Gasteiger partial charge in [0.05, 0.1) is 0 Å². The molecule has 23 heavy (non-hydrogen) atoms. The Balaban J connectivity index is 1.29. The van der Waals surface area contributed by atoms with Crippen molar-refractivity contribution in [1.82, 2.24) is 10.2 Å². The maximum absolute atomic E-state index is 13.8. The van der Waals surface area contributed by atoms with Crippen LogP contribution in [0.25, 0.3) is 0 Å². The third-order valence-electron chi connectivity index (χ3n) is 5.43. The Morgan fingerprint density at radius 1 is 1.13 bits per heavy atom. The Bertz CT molecular complexity index is 609. The van der Waals surface area contributed by atoms with Gasteiger partial charge in [0, 0.05) is 37.2 Å². The summed E-state index contributed by atoms with van der Waals surface area (Å²) in [5, 5.41) is 3.13. The SMILES string of the molecule is O=C(NC1CCN(C2CC2)CC1)[C@@H]1C[C@H]1c1ccc(F)cc1F. The van der Waals surface area contributed by atoms with Crippen LogP contribution in [0.2, 0.25) is 0 Å². The average molecular weight is 320 g/mol. The van der Waals surface area contributed by atoms with E-state index in [0.717, 1.165) is 38.0 Å². The lowest BCUT2D eigenvalue weighted by Gasteiger charge is -2.32. The number of carbonyl (C=O) groups excluding carboxylic acids is 1. The molecule has 0 unspecified atom stereocenters. The summed E-state index contributed by atoms with van der Waals surface area (Å²) in [6, 6.07) is 4.67. The quantitative estimate of drug-likeness (QED) is 0.925. The predicted molar refractivity (Wildman–Crippen MR) is 83.0 cm³/mol. The molecule has 2 aliphatic carbocycles. The van der Waals surface area contributed by atoms with Crippen molar-refractivity contribution in [3.05, 3.63) is 35.4 Å². The van der Waals surface area contributed by atoms with Crippen molar-refractivity contribution >= 4 is 5.91 Å². The number of hydrogen-bond acceptors (Lipinski definition) is 2. The van der Waals surface area contributed by atoms with Crippen molar-refractivity contribution in [3.8, 4) is 0 Å². The maximum atomic E-state index is 13.8. The van der Waals surface area contributed by atoms with Crippen molar-refractivity contribution in [2.45, 2.75) is 50.1 Å². The number of hydrogen-bond donors (Lipinski definition) is 1. The fraction of sp³-hybridized carbons (Fsp3) is 0.611. The first-order valence-corrected chi connectivity index (χ1v) is 8.61. The van der Waals surface area contributed by atoms with E-state index in [-0.39, 0.29) is 23.8 Å². The first-order valence-electron chi connectivity index (χ1n) is 8.61. The number of amides is 1. The number of rotatable bonds is 4. The number of piperidine rings is 1. The molecule has 3 fully saturated rings. The van der Waals surface area contributed by atoms with Crippen LogP contribution in [0.3, 0.4) is 0 Å². The minimum absolute atomic E-state index is 0.0311. The fourth-order valence-electron chi connectivity index (χ4n) is 3.79. The molecule has 2 atom stereocenters. The van der Waals surface area contributed by atoms with E-state index < -0.39 is 11.6 Å². The third-order valence-corrected chi connectivity index (χ3v) is 5.43. The molecule has 0 aromatic heterocycles. The Morgan fingerprint density at radius 3 is 2.52 bits per heavy atom. The van der Waals surface area contributed by atoms with Crippen LogP contribution >= 0.6 is 0 Å². The monoisotopic (exact) mass is 320 g/mol. The number of likely N-dealkylation sites (tertiary alicyclic amines) is 1. The minimum Gasteiger partial charge on any atom is -0.353 e. The van der Waals surface area contributed by atoms with E-state index in [2.05, 4.69) is 10.2 Å². The van der Waals surface area contributed by atoms with E-state index >= 15 is 0 Å². The van der Waals surface area contributed by atoms with E-state index in [4.69, 9.17) is 0 Å². The van der Waals surface area contributed by atoms with Crippen molar-refractivity contribution in [3.63, 3.8) is 0 Å². The van der Waals surface area contributed by atoms with E-state index in [9.17, 15) is 13.6 Å². The zero-order valence-corrected chi connectivity index (χ0v) is 13.1. The summed E-state index contributed by atoms with van der Waals surface area (Å²) in [6.45, 7) is 2.13. The molecule has 1 aliphatic heterocycles. The molecule has 0 radical (unpaired) electrons. The molecule has 1 N–H and O–H groups in total. The molecule has 3 nitrogen and oxygen atoms in total. The van der Waals surface area contributed by atoms with Gasteiger partial charge in [-0.05, 0) is 49.7 Å². The molecule has 0 bridgehead atoms. The Labute approximate surface area is 135 Å². The first-order chi connectivity index (χ1) is 11.1.